The number of aryl methyl sites for hydroxylation is 2. The number of aromatic nitrogens is 5. The van der Waals surface area contributed by atoms with Gasteiger partial charge in [0.15, 0.2) is 5.82 Å². The maximum absolute atomic E-state index is 4.60. The van der Waals surface area contributed by atoms with E-state index in [9.17, 15) is 0 Å². The summed E-state index contributed by atoms with van der Waals surface area (Å²) >= 11 is 0. The van der Waals surface area contributed by atoms with Crippen LogP contribution in [0.4, 0.5) is 11.6 Å². The van der Waals surface area contributed by atoms with Crippen LogP contribution in [0, 0.1) is 13.8 Å². The topological polar surface area (TPSA) is 76.5 Å². The molecule has 0 saturated carbocycles. The van der Waals surface area contributed by atoms with E-state index in [0.717, 1.165) is 17.2 Å². The van der Waals surface area contributed by atoms with Crippen molar-refractivity contribution in [2.75, 3.05) is 5.32 Å². The standard InChI is InChI=1S/C22H20N6/c1-15-6-8-17(9-7-15)14-21-23-12-10-19(27-21)26-20-11-13-24-22(28-20)18-5-3-4-16(2)25-18/h3-13H,14H2,1-2H3,(H,23,24,26,27,28). The average molecular weight is 368 g/mol. The number of rotatable bonds is 5. The van der Waals surface area contributed by atoms with Gasteiger partial charge in [0.2, 0.25) is 0 Å². The average Bonchev–Trinajstić information content (AvgIpc) is 2.70. The van der Waals surface area contributed by atoms with E-state index in [1.165, 1.54) is 11.1 Å². The molecule has 6 heteroatoms. The molecule has 0 atom stereocenters. The molecule has 28 heavy (non-hydrogen) atoms. The van der Waals surface area contributed by atoms with Crippen molar-refractivity contribution < 1.29 is 0 Å². The highest BCUT2D eigenvalue weighted by Gasteiger charge is 2.06. The van der Waals surface area contributed by atoms with E-state index in [2.05, 4.69) is 61.4 Å². The summed E-state index contributed by atoms with van der Waals surface area (Å²) in [5.74, 6) is 2.68. The Labute approximate surface area is 163 Å². The first kappa shape index (κ1) is 17.7. The molecule has 0 unspecified atom stereocenters. The maximum atomic E-state index is 4.60. The quantitative estimate of drug-likeness (QED) is 0.567. The van der Waals surface area contributed by atoms with E-state index in [-0.39, 0.29) is 0 Å². The minimum atomic E-state index is 0.572. The predicted octanol–water partition coefficient (Wildman–Crippen LogP) is 4.28. The molecule has 0 aliphatic carbocycles. The zero-order valence-corrected chi connectivity index (χ0v) is 15.8. The first-order chi connectivity index (χ1) is 13.7. The molecule has 0 aliphatic heterocycles. The lowest BCUT2D eigenvalue weighted by atomic mass is 10.1. The first-order valence-corrected chi connectivity index (χ1v) is 9.07. The highest BCUT2D eigenvalue weighted by atomic mass is 15.1. The van der Waals surface area contributed by atoms with E-state index in [4.69, 9.17) is 0 Å². The molecule has 1 aromatic carbocycles. The third-order valence-corrected chi connectivity index (χ3v) is 4.22. The van der Waals surface area contributed by atoms with Gasteiger partial charge in [-0.15, -0.1) is 0 Å². The van der Waals surface area contributed by atoms with Crippen molar-refractivity contribution in [3.8, 4) is 11.5 Å². The number of pyridine rings is 1. The fourth-order valence-corrected chi connectivity index (χ4v) is 2.79. The molecule has 0 spiro atoms. The molecule has 1 N–H and O–H groups in total. The van der Waals surface area contributed by atoms with Gasteiger partial charge in [-0.2, -0.15) is 0 Å². The number of nitrogens with zero attached hydrogens (tertiary/aromatic N) is 5. The Hall–Kier alpha value is -3.67. The zero-order chi connectivity index (χ0) is 19.3. The Bertz CT molecular complexity index is 1090. The maximum Gasteiger partial charge on any atom is 0.180 e. The van der Waals surface area contributed by atoms with Gasteiger partial charge in [0.1, 0.15) is 23.2 Å². The highest BCUT2D eigenvalue weighted by molar-refractivity contribution is 5.56. The van der Waals surface area contributed by atoms with Crippen LogP contribution in [0.15, 0.2) is 67.0 Å². The second kappa shape index (κ2) is 7.92. The van der Waals surface area contributed by atoms with Gasteiger partial charge >= 0.3 is 0 Å². The van der Waals surface area contributed by atoms with Crippen molar-refractivity contribution in [3.63, 3.8) is 0 Å². The second-order valence-corrected chi connectivity index (χ2v) is 6.58. The molecule has 0 saturated heterocycles. The molecule has 0 aliphatic rings. The van der Waals surface area contributed by atoms with Gasteiger partial charge in [-0.3, -0.25) is 0 Å². The Morgan fingerprint density at radius 3 is 2.29 bits per heavy atom. The van der Waals surface area contributed by atoms with E-state index in [1.807, 2.05) is 31.2 Å². The monoisotopic (exact) mass is 368 g/mol. The lowest BCUT2D eigenvalue weighted by molar-refractivity contribution is 0.969. The van der Waals surface area contributed by atoms with Gasteiger partial charge in [0.05, 0.1) is 0 Å². The van der Waals surface area contributed by atoms with Crippen molar-refractivity contribution in [2.24, 2.45) is 0 Å². The zero-order valence-electron chi connectivity index (χ0n) is 15.8. The number of hydrogen-bond acceptors (Lipinski definition) is 6. The van der Waals surface area contributed by atoms with E-state index >= 15 is 0 Å². The Morgan fingerprint density at radius 2 is 1.50 bits per heavy atom. The smallest absolute Gasteiger partial charge is 0.180 e. The van der Waals surface area contributed by atoms with Crippen molar-refractivity contribution >= 4 is 11.6 Å². The third-order valence-electron chi connectivity index (χ3n) is 4.22. The molecule has 0 amide bonds. The van der Waals surface area contributed by atoms with Gasteiger partial charge in [0.25, 0.3) is 0 Å². The Balaban J connectivity index is 1.53. The third kappa shape index (κ3) is 4.35. The molecule has 0 radical (unpaired) electrons. The lowest BCUT2D eigenvalue weighted by Crippen LogP contribution is -2.03. The van der Waals surface area contributed by atoms with Crippen LogP contribution in [0.25, 0.3) is 11.5 Å². The van der Waals surface area contributed by atoms with Crippen LogP contribution in [-0.2, 0) is 6.42 Å². The van der Waals surface area contributed by atoms with Crippen LogP contribution in [0.1, 0.15) is 22.6 Å². The van der Waals surface area contributed by atoms with Crippen molar-refractivity contribution in [1.82, 2.24) is 24.9 Å². The molecular formula is C22H20N6. The number of nitrogens with one attached hydrogen (secondary N) is 1. The number of benzene rings is 1. The molecule has 4 rings (SSSR count). The minimum Gasteiger partial charge on any atom is -0.325 e. The molecule has 4 aromatic rings. The van der Waals surface area contributed by atoms with Crippen molar-refractivity contribution in [2.45, 2.75) is 20.3 Å². The van der Waals surface area contributed by atoms with Crippen LogP contribution in [0.5, 0.6) is 0 Å². The molecule has 3 aromatic heterocycles. The van der Waals surface area contributed by atoms with Gasteiger partial charge in [-0.05, 0) is 43.7 Å². The summed E-state index contributed by atoms with van der Waals surface area (Å²) in [6, 6.07) is 17.8. The Morgan fingerprint density at radius 1 is 0.750 bits per heavy atom. The van der Waals surface area contributed by atoms with E-state index in [0.29, 0.717) is 23.9 Å². The second-order valence-electron chi connectivity index (χ2n) is 6.58. The summed E-state index contributed by atoms with van der Waals surface area (Å²) < 4.78 is 0. The fraction of sp³-hybridized carbons (Fsp3) is 0.136. The van der Waals surface area contributed by atoms with Gasteiger partial charge in [-0.1, -0.05) is 35.9 Å². The molecule has 6 nitrogen and oxygen atoms in total. The van der Waals surface area contributed by atoms with Crippen LogP contribution in [0.3, 0.4) is 0 Å². The predicted molar refractivity (Wildman–Crippen MR) is 109 cm³/mol. The largest absolute Gasteiger partial charge is 0.325 e. The lowest BCUT2D eigenvalue weighted by Gasteiger charge is -2.08. The SMILES string of the molecule is Cc1ccc(Cc2nccc(Nc3ccnc(-c4cccc(C)n4)n3)n2)cc1. The van der Waals surface area contributed by atoms with Crippen LogP contribution in [0.2, 0.25) is 0 Å². The van der Waals surface area contributed by atoms with Crippen LogP contribution < -0.4 is 5.32 Å². The van der Waals surface area contributed by atoms with Crippen LogP contribution in [-0.4, -0.2) is 24.9 Å². The van der Waals surface area contributed by atoms with Crippen molar-refractivity contribution in [3.05, 3.63) is 89.6 Å². The van der Waals surface area contributed by atoms with E-state index in [1.54, 1.807) is 18.5 Å². The summed E-state index contributed by atoms with van der Waals surface area (Å²) in [6.07, 6.45) is 4.14. The normalized spacial score (nSPS) is 10.6. The van der Waals surface area contributed by atoms with Gasteiger partial charge < -0.3 is 5.32 Å². The van der Waals surface area contributed by atoms with Crippen molar-refractivity contribution in [1.29, 1.82) is 0 Å². The Kier molecular flexibility index (Phi) is 5.01. The van der Waals surface area contributed by atoms with E-state index < -0.39 is 0 Å². The van der Waals surface area contributed by atoms with Crippen LogP contribution >= 0.6 is 0 Å². The molecular weight excluding hydrogens is 348 g/mol. The first-order valence-electron chi connectivity index (χ1n) is 9.07. The summed E-state index contributed by atoms with van der Waals surface area (Å²) in [7, 11) is 0. The molecule has 0 bridgehead atoms. The summed E-state index contributed by atoms with van der Waals surface area (Å²) in [4.78, 5) is 22.3. The number of hydrogen-bond donors (Lipinski definition) is 1. The minimum absolute atomic E-state index is 0.572. The summed E-state index contributed by atoms with van der Waals surface area (Å²) in [5.41, 5.74) is 4.09. The summed E-state index contributed by atoms with van der Waals surface area (Å²) in [5, 5.41) is 3.23. The molecule has 138 valence electrons. The highest BCUT2D eigenvalue weighted by Crippen LogP contribution is 2.17. The van der Waals surface area contributed by atoms with Gasteiger partial charge in [-0.25, -0.2) is 24.9 Å². The summed E-state index contributed by atoms with van der Waals surface area (Å²) in [6.45, 7) is 4.02. The molecule has 3 heterocycles. The van der Waals surface area contributed by atoms with Gasteiger partial charge in [0, 0.05) is 24.5 Å². The fourth-order valence-electron chi connectivity index (χ4n) is 2.79. The number of anilines is 2. The molecule has 0 fully saturated rings.